The Balaban J connectivity index is 2.25. The maximum absolute atomic E-state index is 13.9. The Morgan fingerprint density at radius 2 is 1.96 bits per heavy atom. The number of amides is 1. The highest BCUT2D eigenvalue weighted by molar-refractivity contribution is 7.90. The average molecular weight is 361 g/mol. The van der Waals surface area contributed by atoms with Crippen LogP contribution in [0.5, 0.6) is 0 Å². The third kappa shape index (κ3) is 3.92. The quantitative estimate of drug-likeness (QED) is 0.894. The first kappa shape index (κ1) is 18.8. The van der Waals surface area contributed by atoms with Crippen molar-refractivity contribution in [2.24, 2.45) is 11.8 Å². The highest BCUT2D eigenvalue weighted by atomic mass is 32.2. The Morgan fingerprint density at radius 1 is 1.29 bits per heavy atom. The van der Waals surface area contributed by atoms with Crippen LogP contribution in [0.3, 0.4) is 0 Å². The van der Waals surface area contributed by atoms with Crippen molar-refractivity contribution in [3.63, 3.8) is 0 Å². The van der Waals surface area contributed by atoms with Crippen molar-refractivity contribution in [2.75, 3.05) is 6.61 Å². The molecule has 1 saturated heterocycles. The van der Waals surface area contributed by atoms with Crippen LogP contribution in [-0.2, 0) is 19.6 Å². The van der Waals surface area contributed by atoms with Crippen molar-refractivity contribution < 1.29 is 26.7 Å². The monoisotopic (exact) mass is 361 g/mol. The van der Waals surface area contributed by atoms with Crippen molar-refractivity contribution in [1.29, 1.82) is 0 Å². The molecule has 1 aromatic carbocycles. The molecule has 1 aliphatic heterocycles. The number of aryl methyl sites for hydroxylation is 1. The van der Waals surface area contributed by atoms with Gasteiger partial charge in [-0.1, -0.05) is 13.8 Å². The number of hydrogen-bond acceptors (Lipinski definition) is 4. The van der Waals surface area contributed by atoms with Gasteiger partial charge in [0.05, 0.1) is 12.0 Å². The van der Waals surface area contributed by atoms with Gasteiger partial charge in [-0.2, -0.15) is 0 Å². The third-order valence-electron chi connectivity index (χ3n) is 4.10. The number of nitrogens with one attached hydrogen (secondary N) is 1. The van der Waals surface area contributed by atoms with Crippen LogP contribution in [0, 0.1) is 30.4 Å². The Bertz CT molecular complexity index is 734. The van der Waals surface area contributed by atoms with E-state index in [1.54, 1.807) is 0 Å². The molecule has 0 bridgehead atoms. The van der Waals surface area contributed by atoms with Crippen LogP contribution in [0.25, 0.3) is 0 Å². The summed E-state index contributed by atoms with van der Waals surface area (Å²) >= 11 is 0. The van der Waals surface area contributed by atoms with Crippen molar-refractivity contribution in [1.82, 2.24) is 4.72 Å². The molecule has 0 radical (unpaired) electrons. The molecule has 2 rings (SSSR count). The number of carbonyl (C=O) groups is 1. The molecule has 0 aromatic heterocycles. The summed E-state index contributed by atoms with van der Waals surface area (Å²) in [5.41, 5.74) is -0.0154. The summed E-state index contributed by atoms with van der Waals surface area (Å²) in [6, 6.07) is 1.37. The van der Waals surface area contributed by atoms with Crippen LogP contribution in [0.4, 0.5) is 8.78 Å². The summed E-state index contributed by atoms with van der Waals surface area (Å²) in [4.78, 5) is 11.5. The van der Waals surface area contributed by atoms with Crippen molar-refractivity contribution >= 4 is 15.9 Å². The number of ether oxygens (including phenoxy) is 1. The van der Waals surface area contributed by atoms with E-state index in [4.69, 9.17) is 4.74 Å². The van der Waals surface area contributed by atoms with E-state index < -0.39 is 44.5 Å². The minimum Gasteiger partial charge on any atom is -0.377 e. The zero-order valence-corrected chi connectivity index (χ0v) is 14.6. The summed E-state index contributed by atoms with van der Waals surface area (Å²) in [5, 5.41) is 0. The van der Waals surface area contributed by atoms with Gasteiger partial charge in [0, 0.05) is 6.61 Å². The van der Waals surface area contributed by atoms with E-state index >= 15 is 0 Å². The van der Waals surface area contributed by atoms with Gasteiger partial charge in [0.2, 0.25) is 5.91 Å². The fourth-order valence-corrected chi connectivity index (χ4v) is 3.94. The summed E-state index contributed by atoms with van der Waals surface area (Å²) < 4.78 is 59.4. The highest BCUT2D eigenvalue weighted by Gasteiger charge is 2.36. The smallest absolute Gasteiger partial charge is 0.267 e. The predicted octanol–water partition coefficient (Wildman–Crippen LogP) is 2.53. The van der Waals surface area contributed by atoms with Crippen LogP contribution in [0.2, 0.25) is 0 Å². The summed E-state index contributed by atoms with van der Waals surface area (Å²) in [6.45, 7) is 5.58. The maximum Gasteiger partial charge on any atom is 0.267 e. The zero-order chi connectivity index (χ0) is 18.1. The number of sulfonamides is 1. The Kier molecular flexibility index (Phi) is 5.59. The molecule has 0 unspecified atom stereocenters. The van der Waals surface area contributed by atoms with E-state index in [1.165, 1.54) is 6.92 Å². The topological polar surface area (TPSA) is 72.5 Å². The van der Waals surface area contributed by atoms with E-state index in [2.05, 4.69) is 0 Å². The normalized spacial score (nSPS) is 21.8. The van der Waals surface area contributed by atoms with Crippen LogP contribution < -0.4 is 4.72 Å². The average Bonchev–Trinajstić information content (AvgIpc) is 2.50. The van der Waals surface area contributed by atoms with E-state index in [9.17, 15) is 22.0 Å². The van der Waals surface area contributed by atoms with Crippen LogP contribution in [-0.4, -0.2) is 27.0 Å². The lowest BCUT2D eigenvalue weighted by Gasteiger charge is -2.33. The molecule has 1 amide bonds. The van der Waals surface area contributed by atoms with Crippen molar-refractivity contribution in [3.8, 4) is 0 Å². The van der Waals surface area contributed by atoms with E-state index in [0.29, 0.717) is 25.5 Å². The van der Waals surface area contributed by atoms with Gasteiger partial charge in [0.1, 0.15) is 16.5 Å². The molecule has 1 heterocycles. The van der Waals surface area contributed by atoms with Gasteiger partial charge in [0.25, 0.3) is 10.0 Å². The van der Waals surface area contributed by atoms with E-state index in [-0.39, 0.29) is 11.5 Å². The molecule has 0 spiro atoms. The maximum atomic E-state index is 13.9. The lowest BCUT2D eigenvalue weighted by atomic mass is 9.87. The lowest BCUT2D eigenvalue weighted by Crippen LogP contribution is -2.45. The molecule has 1 fully saturated rings. The fraction of sp³-hybridized carbons (Fsp3) is 0.562. The summed E-state index contributed by atoms with van der Waals surface area (Å²) in [6.07, 6.45) is 0.706. The van der Waals surface area contributed by atoms with E-state index in [1.807, 2.05) is 18.6 Å². The number of carbonyl (C=O) groups excluding carboxylic acids is 1. The molecular formula is C16H21F2NO4S. The molecule has 5 nitrogen and oxygen atoms in total. The van der Waals surface area contributed by atoms with E-state index in [0.717, 1.165) is 6.07 Å². The number of hydrogen-bond donors (Lipinski definition) is 1. The minimum atomic E-state index is -4.50. The second-order valence-electron chi connectivity index (χ2n) is 6.33. The Labute approximate surface area is 140 Å². The SMILES string of the molecule is Cc1cc(F)c(S(=O)(=O)NC(=O)[C@H]2CCCO[C@H]2C(C)C)cc1F. The summed E-state index contributed by atoms with van der Waals surface area (Å²) in [7, 11) is -4.50. The van der Waals surface area contributed by atoms with Crippen molar-refractivity contribution in [2.45, 2.75) is 44.6 Å². The molecule has 0 aliphatic carbocycles. The van der Waals surface area contributed by atoms with Crippen molar-refractivity contribution in [3.05, 3.63) is 29.3 Å². The van der Waals surface area contributed by atoms with Crippen LogP contribution in [0.1, 0.15) is 32.3 Å². The molecule has 1 N–H and O–H groups in total. The molecule has 24 heavy (non-hydrogen) atoms. The van der Waals surface area contributed by atoms with Gasteiger partial charge in [0.15, 0.2) is 0 Å². The molecule has 1 aliphatic rings. The minimum absolute atomic E-state index is 0.0154. The molecule has 0 saturated carbocycles. The second-order valence-corrected chi connectivity index (χ2v) is 7.98. The first-order valence-electron chi connectivity index (χ1n) is 7.77. The number of rotatable bonds is 4. The Hall–Kier alpha value is -1.54. The number of halogens is 2. The highest BCUT2D eigenvalue weighted by Crippen LogP contribution is 2.27. The van der Waals surface area contributed by atoms with Gasteiger partial charge in [-0.15, -0.1) is 0 Å². The molecule has 1 aromatic rings. The van der Waals surface area contributed by atoms with Gasteiger partial charge in [-0.25, -0.2) is 21.9 Å². The second kappa shape index (κ2) is 7.14. The summed E-state index contributed by atoms with van der Waals surface area (Å²) in [5.74, 6) is -3.34. The molecule has 2 atom stereocenters. The predicted molar refractivity (Wildman–Crippen MR) is 83.7 cm³/mol. The zero-order valence-electron chi connectivity index (χ0n) is 13.8. The van der Waals surface area contributed by atoms with Gasteiger partial charge in [-0.05, 0) is 43.4 Å². The van der Waals surface area contributed by atoms with Gasteiger partial charge in [-0.3, -0.25) is 4.79 Å². The third-order valence-corrected chi connectivity index (χ3v) is 5.46. The molecule has 8 heteroatoms. The standard InChI is InChI=1S/C16H21F2NO4S/c1-9(2)15-11(5-4-6-23-15)16(20)19-24(21,22)14-8-12(17)10(3)7-13(14)18/h7-9,11,15H,4-6H2,1-3H3,(H,19,20)/t11-,15-/m0/s1. The largest absolute Gasteiger partial charge is 0.377 e. The molecular weight excluding hydrogens is 340 g/mol. The first-order valence-corrected chi connectivity index (χ1v) is 9.25. The van der Waals surface area contributed by atoms with Crippen LogP contribution in [0.15, 0.2) is 17.0 Å². The first-order chi connectivity index (χ1) is 11.1. The van der Waals surface area contributed by atoms with Gasteiger partial charge < -0.3 is 4.74 Å². The van der Waals surface area contributed by atoms with Crippen LogP contribution >= 0.6 is 0 Å². The lowest BCUT2D eigenvalue weighted by molar-refractivity contribution is -0.135. The van der Waals surface area contributed by atoms with Gasteiger partial charge >= 0.3 is 0 Å². The molecule has 134 valence electrons. The number of benzene rings is 1. The fourth-order valence-electron chi connectivity index (χ4n) is 2.84. The Morgan fingerprint density at radius 3 is 2.58 bits per heavy atom.